The first-order valence-corrected chi connectivity index (χ1v) is 6.89. The molecule has 0 heterocycles. The number of unbranched alkanes of at least 4 members (excludes halogenated alkanes) is 2. The fraction of sp³-hybridized carbons (Fsp3) is 0.429. The minimum atomic E-state index is -0.734. The van der Waals surface area contributed by atoms with Gasteiger partial charge in [-0.15, -0.1) is 0 Å². The number of halogens is 1. The Morgan fingerprint density at radius 3 is 2.65 bits per heavy atom. The van der Waals surface area contributed by atoms with Crippen LogP contribution < -0.4 is 15.4 Å². The van der Waals surface area contributed by atoms with Crippen molar-refractivity contribution >= 4 is 29.1 Å². The Hall–Kier alpha value is -1.75. The fourth-order valence-electron chi connectivity index (χ4n) is 1.61. The second-order valence-electron chi connectivity index (χ2n) is 4.26. The molecular weight excluding hydrogens is 280 g/mol. The van der Waals surface area contributed by atoms with Gasteiger partial charge in [0.2, 0.25) is 0 Å². The summed E-state index contributed by atoms with van der Waals surface area (Å²) in [6.07, 6.45) is 2.93. The molecule has 0 saturated heterocycles. The largest absolute Gasteiger partial charge is 0.495 e. The van der Waals surface area contributed by atoms with E-state index in [1.807, 2.05) is 0 Å². The summed E-state index contributed by atoms with van der Waals surface area (Å²) in [5, 5.41) is 5.50. The van der Waals surface area contributed by atoms with Gasteiger partial charge in [0.1, 0.15) is 5.75 Å². The number of hydrogen-bond donors (Lipinski definition) is 2. The smallest absolute Gasteiger partial charge is 0.313 e. The lowest BCUT2D eigenvalue weighted by molar-refractivity contribution is -0.136. The first-order valence-electron chi connectivity index (χ1n) is 6.51. The minimum absolute atomic E-state index is 0.369. The van der Waals surface area contributed by atoms with Crippen molar-refractivity contribution < 1.29 is 14.3 Å². The average molecular weight is 299 g/mol. The van der Waals surface area contributed by atoms with Crippen LogP contribution in [-0.4, -0.2) is 25.5 Å². The number of anilines is 1. The van der Waals surface area contributed by atoms with Gasteiger partial charge in [0.25, 0.3) is 0 Å². The van der Waals surface area contributed by atoms with Gasteiger partial charge < -0.3 is 15.4 Å². The van der Waals surface area contributed by atoms with E-state index < -0.39 is 11.8 Å². The van der Waals surface area contributed by atoms with E-state index in [0.717, 1.165) is 19.3 Å². The van der Waals surface area contributed by atoms with Gasteiger partial charge in [0.15, 0.2) is 0 Å². The summed E-state index contributed by atoms with van der Waals surface area (Å²) in [6, 6.07) is 4.79. The monoisotopic (exact) mass is 298 g/mol. The third kappa shape index (κ3) is 5.09. The van der Waals surface area contributed by atoms with E-state index in [4.69, 9.17) is 16.3 Å². The molecule has 0 saturated carbocycles. The number of methoxy groups -OCH3 is 1. The average Bonchev–Trinajstić information content (AvgIpc) is 2.43. The minimum Gasteiger partial charge on any atom is -0.495 e. The summed E-state index contributed by atoms with van der Waals surface area (Å²) in [4.78, 5) is 23.3. The zero-order valence-electron chi connectivity index (χ0n) is 11.7. The van der Waals surface area contributed by atoms with Gasteiger partial charge in [-0.25, -0.2) is 0 Å². The molecule has 0 aromatic heterocycles. The van der Waals surface area contributed by atoms with Crippen molar-refractivity contribution in [2.45, 2.75) is 26.2 Å². The number of carbonyl (C=O) groups is 2. The van der Waals surface area contributed by atoms with Gasteiger partial charge in [-0.05, 0) is 24.6 Å². The number of hydrogen-bond acceptors (Lipinski definition) is 3. The Morgan fingerprint density at radius 2 is 2.00 bits per heavy atom. The summed E-state index contributed by atoms with van der Waals surface area (Å²) in [5.41, 5.74) is 0.369. The maximum atomic E-state index is 11.7. The fourth-order valence-corrected chi connectivity index (χ4v) is 1.79. The molecular formula is C14H19ClN2O3. The van der Waals surface area contributed by atoms with Crippen LogP contribution in [0.5, 0.6) is 5.75 Å². The number of rotatable bonds is 6. The Bertz CT molecular complexity index is 477. The van der Waals surface area contributed by atoms with Crippen LogP contribution in [0.4, 0.5) is 5.69 Å². The van der Waals surface area contributed by atoms with E-state index in [1.54, 1.807) is 12.1 Å². The molecule has 2 N–H and O–H groups in total. The Labute approximate surface area is 123 Å². The van der Waals surface area contributed by atoms with Crippen molar-refractivity contribution in [3.63, 3.8) is 0 Å². The molecule has 1 aromatic rings. The molecule has 2 amide bonds. The van der Waals surface area contributed by atoms with Crippen molar-refractivity contribution in [2.24, 2.45) is 0 Å². The molecule has 1 rings (SSSR count). The van der Waals surface area contributed by atoms with E-state index in [1.165, 1.54) is 13.2 Å². The number of nitrogens with one attached hydrogen (secondary N) is 2. The Balaban J connectivity index is 2.57. The summed E-state index contributed by atoms with van der Waals surface area (Å²) in [6.45, 7) is 2.56. The second kappa shape index (κ2) is 8.43. The Kier molecular flexibility index (Phi) is 6.87. The zero-order chi connectivity index (χ0) is 15.0. The highest BCUT2D eigenvalue weighted by Gasteiger charge is 2.15. The number of benzene rings is 1. The summed E-state index contributed by atoms with van der Waals surface area (Å²) < 4.78 is 5.09. The van der Waals surface area contributed by atoms with Crippen LogP contribution in [-0.2, 0) is 9.59 Å². The van der Waals surface area contributed by atoms with E-state index in [0.29, 0.717) is 23.0 Å². The van der Waals surface area contributed by atoms with Gasteiger partial charge in [0, 0.05) is 11.6 Å². The van der Waals surface area contributed by atoms with Gasteiger partial charge in [-0.3, -0.25) is 9.59 Å². The predicted octanol–water partition coefficient (Wildman–Crippen LogP) is 2.59. The molecule has 0 atom stereocenters. The highest BCUT2D eigenvalue weighted by Crippen LogP contribution is 2.27. The van der Waals surface area contributed by atoms with Crippen LogP contribution in [0.1, 0.15) is 26.2 Å². The molecule has 0 fully saturated rings. The van der Waals surface area contributed by atoms with Crippen LogP contribution in [0.2, 0.25) is 5.02 Å². The highest BCUT2D eigenvalue weighted by molar-refractivity contribution is 6.40. The first kappa shape index (κ1) is 16.3. The quantitative estimate of drug-likeness (QED) is 0.626. The van der Waals surface area contributed by atoms with Crippen molar-refractivity contribution in [2.75, 3.05) is 19.0 Å². The first-order chi connectivity index (χ1) is 9.58. The van der Waals surface area contributed by atoms with Crippen molar-refractivity contribution in [3.05, 3.63) is 23.2 Å². The van der Waals surface area contributed by atoms with Crippen molar-refractivity contribution in [1.82, 2.24) is 5.32 Å². The van der Waals surface area contributed by atoms with Gasteiger partial charge >= 0.3 is 11.8 Å². The SMILES string of the molecule is CCCCCNC(=O)C(=O)Nc1cc(Cl)ccc1OC. The van der Waals surface area contributed by atoms with E-state index in [9.17, 15) is 9.59 Å². The standard InChI is InChI=1S/C14H19ClN2O3/c1-3-4-5-8-16-13(18)14(19)17-11-9-10(15)6-7-12(11)20-2/h6-7,9H,3-5,8H2,1-2H3,(H,16,18)(H,17,19). The zero-order valence-corrected chi connectivity index (χ0v) is 12.4. The molecule has 0 bridgehead atoms. The molecule has 0 aliphatic carbocycles. The van der Waals surface area contributed by atoms with Crippen LogP contribution in [0.3, 0.4) is 0 Å². The summed E-state index contributed by atoms with van der Waals surface area (Å²) in [7, 11) is 1.48. The third-order valence-corrected chi connectivity index (χ3v) is 2.92. The second-order valence-corrected chi connectivity index (χ2v) is 4.70. The van der Waals surface area contributed by atoms with Crippen LogP contribution in [0.15, 0.2) is 18.2 Å². The topological polar surface area (TPSA) is 67.4 Å². The normalized spacial score (nSPS) is 9.95. The van der Waals surface area contributed by atoms with Gasteiger partial charge in [-0.1, -0.05) is 31.4 Å². The molecule has 0 unspecified atom stereocenters. The highest BCUT2D eigenvalue weighted by atomic mass is 35.5. The molecule has 1 aromatic carbocycles. The molecule has 6 heteroatoms. The lowest BCUT2D eigenvalue weighted by atomic mass is 10.2. The van der Waals surface area contributed by atoms with E-state index in [-0.39, 0.29) is 0 Å². The molecule has 0 spiro atoms. The van der Waals surface area contributed by atoms with Crippen LogP contribution in [0, 0.1) is 0 Å². The lowest BCUT2D eigenvalue weighted by Gasteiger charge is -2.10. The summed E-state index contributed by atoms with van der Waals surface area (Å²) in [5.74, 6) is -0.952. The van der Waals surface area contributed by atoms with Crippen LogP contribution >= 0.6 is 11.6 Å². The molecule has 0 aliphatic heterocycles. The van der Waals surface area contributed by atoms with Gasteiger partial charge in [0.05, 0.1) is 12.8 Å². The predicted molar refractivity (Wildman–Crippen MR) is 79.2 cm³/mol. The Morgan fingerprint density at radius 1 is 1.25 bits per heavy atom. The van der Waals surface area contributed by atoms with E-state index in [2.05, 4.69) is 17.6 Å². The molecule has 5 nitrogen and oxygen atoms in total. The van der Waals surface area contributed by atoms with Gasteiger partial charge in [-0.2, -0.15) is 0 Å². The third-order valence-electron chi connectivity index (χ3n) is 2.68. The molecule has 0 aliphatic rings. The van der Waals surface area contributed by atoms with Crippen LogP contribution in [0.25, 0.3) is 0 Å². The number of amides is 2. The maximum absolute atomic E-state index is 11.7. The molecule has 20 heavy (non-hydrogen) atoms. The lowest BCUT2D eigenvalue weighted by Crippen LogP contribution is -2.35. The van der Waals surface area contributed by atoms with E-state index >= 15 is 0 Å². The van der Waals surface area contributed by atoms with Crippen molar-refractivity contribution in [3.8, 4) is 5.75 Å². The maximum Gasteiger partial charge on any atom is 0.313 e. The number of carbonyl (C=O) groups excluding carboxylic acids is 2. The molecule has 0 radical (unpaired) electrons. The number of ether oxygens (including phenoxy) is 1. The van der Waals surface area contributed by atoms with Crippen molar-refractivity contribution in [1.29, 1.82) is 0 Å². The molecule has 110 valence electrons. The summed E-state index contributed by atoms with van der Waals surface area (Å²) >= 11 is 5.85.